The first-order valence-electron chi connectivity index (χ1n) is 7.47. The molecule has 0 atom stereocenters. The van der Waals surface area contributed by atoms with Crippen molar-refractivity contribution in [3.8, 4) is 6.07 Å². The van der Waals surface area contributed by atoms with Gasteiger partial charge in [0.05, 0.1) is 16.0 Å². The van der Waals surface area contributed by atoms with Crippen molar-refractivity contribution in [1.82, 2.24) is 9.21 Å². The van der Waals surface area contributed by atoms with Crippen LogP contribution in [0.4, 0.5) is 0 Å². The molecule has 2 heterocycles. The highest BCUT2D eigenvalue weighted by molar-refractivity contribution is 7.91. The molecule has 1 aliphatic heterocycles. The van der Waals surface area contributed by atoms with Gasteiger partial charge in [0.15, 0.2) is 0 Å². The second-order valence-electron chi connectivity index (χ2n) is 5.45. The van der Waals surface area contributed by atoms with E-state index in [1.165, 1.54) is 10.4 Å². The molecule has 1 fully saturated rings. The summed E-state index contributed by atoms with van der Waals surface area (Å²) in [6.07, 6.45) is 0. The highest BCUT2D eigenvalue weighted by atomic mass is 35.5. The Kier molecular flexibility index (Phi) is 5.11. The molecule has 2 aromatic rings. The largest absolute Gasteiger partial charge is 0.336 e. The van der Waals surface area contributed by atoms with E-state index >= 15 is 0 Å². The van der Waals surface area contributed by atoms with E-state index in [2.05, 4.69) is 0 Å². The first kappa shape index (κ1) is 17.9. The molecule has 25 heavy (non-hydrogen) atoms. The molecule has 1 aromatic carbocycles. The van der Waals surface area contributed by atoms with Crippen LogP contribution in [0.1, 0.15) is 15.9 Å². The van der Waals surface area contributed by atoms with Crippen LogP contribution < -0.4 is 0 Å². The third kappa shape index (κ3) is 3.70. The molecule has 1 aliphatic rings. The SMILES string of the molecule is N#Cc1cccc(C(=O)N2CCN(S(=O)(=O)c3ccc(Cl)s3)CC2)c1. The third-order valence-corrected chi connectivity index (χ3v) is 7.50. The second-order valence-corrected chi connectivity index (χ2v) is 9.33. The van der Waals surface area contributed by atoms with Gasteiger partial charge in [-0.1, -0.05) is 17.7 Å². The number of halogens is 1. The lowest BCUT2D eigenvalue weighted by atomic mass is 10.1. The molecule has 0 bridgehead atoms. The van der Waals surface area contributed by atoms with Gasteiger partial charge in [-0.25, -0.2) is 8.42 Å². The molecule has 1 amide bonds. The van der Waals surface area contributed by atoms with E-state index < -0.39 is 10.0 Å². The van der Waals surface area contributed by atoms with Crippen LogP contribution in [0.3, 0.4) is 0 Å². The molecule has 9 heteroatoms. The maximum absolute atomic E-state index is 12.6. The summed E-state index contributed by atoms with van der Waals surface area (Å²) < 4.78 is 27.1. The quantitative estimate of drug-likeness (QED) is 0.799. The molecule has 0 saturated carbocycles. The van der Waals surface area contributed by atoms with Gasteiger partial charge >= 0.3 is 0 Å². The van der Waals surface area contributed by atoms with Gasteiger partial charge in [0.1, 0.15) is 4.21 Å². The van der Waals surface area contributed by atoms with Gasteiger partial charge in [-0.15, -0.1) is 11.3 Å². The van der Waals surface area contributed by atoms with Crippen molar-refractivity contribution in [2.75, 3.05) is 26.2 Å². The van der Waals surface area contributed by atoms with E-state index in [1.807, 2.05) is 6.07 Å². The minimum absolute atomic E-state index is 0.201. The fourth-order valence-corrected chi connectivity index (χ4v) is 5.66. The molecular formula is C16H14ClN3O3S2. The fraction of sp³-hybridized carbons (Fsp3) is 0.250. The molecule has 0 N–H and O–H groups in total. The minimum atomic E-state index is -3.58. The lowest BCUT2D eigenvalue weighted by Crippen LogP contribution is -2.50. The lowest BCUT2D eigenvalue weighted by Gasteiger charge is -2.33. The Hall–Kier alpha value is -1.92. The van der Waals surface area contributed by atoms with Gasteiger partial charge in [-0.3, -0.25) is 4.79 Å². The normalized spacial score (nSPS) is 15.8. The average molecular weight is 396 g/mol. The molecule has 1 saturated heterocycles. The third-order valence-electron chi connectivity index (χ3n) is 3.91. The lowest BCUT2D eigenvalue weighted by molar-refractivity contribution is 0.0698. The Morgan fingerprint density at radius 2 is 1.88 bits per heavy atom. The van der Waals surface area contributed by atoms with Gasteiger partial charge in [-0.05, 0) is 30.3 Å². The highest BCUT2D eigenvalue weighted by Gasteiger charge is 2.31. The zero-order valence-corrected chi connectivity index (χ0v) is 15.4. The predicted octanol–water partition coefficient (Wildman–Crippen LogP) is 2.42. The molecule has 1 aromatic heterocycles. The summed E-state index contributed by atoms with van der Waals surface area (Å²) in [4.78, 5) is 14.1. The number of amides is 1. The zero-order valence-electron chi connectivity index (χ0n) is 13.1. The Morgan fingerprint density at radius 1 is 1.16 bits per heavy atom. The van der Waals surface area contributed by atoms with Crippen LogP contribution in [0.5, 0.6) is 0 Å². The molecule has 0 unspecified atom stereocenters. The Bertz CT molecular complexity index is 942. The van der Waals surface area contributed by atoms with Crippen molar-refractivity contribution < 1.29 is 13.2 Å². The molecule has 3 rings (SSSR count). The second kappa shape index (κ2) is 7.14. The van der Waals surface area contributed by atoms with Crippen LogP contribution in [0.25, 0.3) is 0 Å². The van der Waals surface area contributed by atoms with Crippen LogP contribution in [0.2, 0.25) is 4.34 Å². The number of sulfonamides is 1. The highest BCUT2D eigenvalue weighted by Crippen LogP contribution is 2.28. The minimum Gasteiger partial charge on any atom is -0.336 e. The van der Waals surface area contributed by atoms with Crippen molar-refractivity contribution in [1.29, 1.82) is 5.26 Å². The van der Waals surface area contributed by atoms with Crippen molar-refractivity contribution in [2.45, 2.75) is 4.21 Å². The van der Waals surface area contributed by atoms with Crippen LogP contribution in [0, 0.1) is 11.3 Å². The predicted molar refractivity (Wildman–Crippen MR) is 95.1 cm³/mol. The van der Waals surface area contributed by atoms with E-state index in [0.29, 0.717) is 28.6 Å². The van der Waals surface area contributed by atoms with Crippen LogP contribution in [0.15, 0.2) is 40.6 Å². The number of hydrogen-bond acceptors (Lipinski definition) is 5. The number of benzene rings is 1. The number of rotatable bonds is 3. The molecule has 6 nitrogen and oxygen atoms in total. The van der Waals surface area contributed by atoms with Crippen LogP contribution in [-0.2, 0) is 10.0 Å². The van der Waals surface area contributed by atoms with E-state index in [9.17, 15) is 13.2 Å². The smallest absolute Gasteiger partial charge is 0.253 e. The summed E-state index contributed by atoms with van der Waals surface area (Å²) >= 11 is 6.84. The molecule has 0 spiro atoms. The zero-order chi connectivity index (χ0) is 18.0. The summed E-state index contributed by atoms with van der Waals surface area (Å²) in [6.45, 7) is 1.05. The van der Waals surface area contributed by atoms with Gasteiger partial charge in [0.2, 0.25) is 0 Å². The number of piperazine rings is 1. The van der Waals surface area contributed by atoms with E-state index in [0.717, 1.165) is 11.3 Å². The summed E-state index contributed by atoms with van der Waals surface area (Å²) in [5, 5.41) is 8.93. The Morgan fingerprint density at radius 3 is 2.48 bits per heavy atom. The molecule has 0 radical (unpaired) electrons. The average Bonchev–Trinajstić information content (AvgIpc) is 3.08. The van der Waals surface area contributed by atoms with Crippen molar-refractivity contribution >= 4 is 38.9 Å². The first-order valence-corrected chi connectivity index (χ1v) is 10.1. The van der Waals surface area contributed by atoms with Gasteiger partial charge in [0.25, 0.3) is 15.9 Å². The number of thiophene rings is 1. The first-order chi connectivity index (χ1) is 11.9. The van der Waals surface area contributed by atoms with Crippen molar-refractivity contribution in [3.63, 3.8) is 0 Å². The van der Waals surface area contributed by atoms with Crippen molar-refractivity contribution in [2.24, 2.45) is 0 Å². The molecule has 0 aliphatic carbocycles. The number of carbonyl (C=O) groups excluding carboxylic acids is 1. The standard InChI is InChI=1S/C16H14ClN3O3S2/c17-14-4-5-15(24-14)25(22,23)20-8-6-19(7-9-20)16(21)13-3-1-2-12(10-13)11-18/h1-5,10H,6-9H2. The fourth-order valence-electron chi connectivity index (χ4n) is 2.60. The Balaban J connectivity index is 1.69. The summed E-state index contributed by atoms with van der Waals surface area (Å²) in [6, 6.07) is 11.5. The number of nitrogens with zero attached hydrogens (tertiary/aromatic N) is 3. The van der Waals surface area contributed by atoms with Gasteiger partial charge in [-0.2, -0.15) is 9.57 Å². The van der Waals surface area contributed by atoms with Gasteiger partial charge in [0, 0.05) is 31.7 Å². The monoisotopic (exact) mass is 395 g/mol. The van der Waals surface area contributed by atoms with E-state index in [-0.39, 0.29) is 23.2 Å². The topological polar surface area (TPSA) is 81.5 Å². The molecular weight excluding hydrogens is 382 g/mol. The van der Waals surface area contributed by atoms with E-state index in [1.54, 1.807) is 35.2 Å². The summed E-state index contributed by atoms with van der Waals surface area (Å²) in [5.74, 6) is -0.201. The maximum Gasteiger partial charge on any atom is 0.253 e. The summed E-state index contributed by atoms with van der Waals surface area (Å²) in [5.41, 5.74) is 0.849. The van der Waals surface area contributed by atoms with Gasteiger partial charge < -0.3 is 4.90 Å². The number of nitriles is 1. The summed E-state index contributed by atoms with van der Waals surface area (Å²) in [7, 11) is -3.58. The maximum atomic E-state index is 12.6. The number of carbonyl (C=O) groups is 1. The number of hydrogen-bond donors (Lipinski definition) is 0. The molecule has 130 valence electrons. The Labute approximate surface area is 154 Å². The van der Waals surface area contributed by atoms with Crippen molar-refractivity contribution in [3.05, 3.63) is 51.9 Å². The van der Waals surface area contributed by atoms with E-state index in [4.69, 9.17) is 16.9 Å². The van der Waals surface area contributed by atoms with Crippen LogP contribution in [-0.4, -0.2) is 49.7 Å². The van der Waals surface area contributed by atoms with Crippen LogP contribution >= 0.6 is 22.9 Å².